The molecule has 0 spiro atoms. The molecule has 3 N–H and O–H groups in total. The summed E-state index contributed by atoms with van der Waals surface area (Å²) in [4.78, 5) is 23.3. The first kappa shape index (κ1) is 19.6. The molecule has 0 heterocycles. The molecule has 0 aliphatic heterocycles. The number of hydrogen-bond donors (Lipinski definition) is 3. The fraction of sp³-hybridized carbons (Fsp3) is 0.263. The maximum atomic E-state index is 12.0. The van der Waals surface area contributed by atoms with Gasteiger partial charge in [-0.1, -0.05) is 23.7 Å². The first-order chi connectivity index (χ1) is 12.5. The summed E-state index contributed by atoms with van der Waals surface area (Å²) in [5.74, 6) is 0.463. The molecule has 2 amide bonds. The number of hydrogen-bond acceptors (Lipinski definition) is 4. The van der Waals surface area contributed by atoms with Crippen molar-refractivity contribution >= 4 is 34.8 Å². The van der Waals surface area contributed by atoms with Crippen molar-refractivity contribution in [3.05, 3.63) is 53.1 Å². The number of rotatable bonds is 8. The number of nitrogens with one attached hydrogen (secondary N) is 3. The number of methoxy groups -OCH3 is 1. The normalized spacial score (nSPS) is 10.1. The van der Waals surface area contributed by atoms with Gasteiger partial charge in [0.2, 0.25) is 11.8 Å². The molecule has 0 saturated heterocycles. The molecule has 0 aliphatic carbocycles. The van der Waals surface area contributed by atoms with Gasteiger partial charge in [-0.25, -0.2) is 0 Å². The predicted molar refractivity (Wildman–Crippen MR) is 104 cm³/mol. The van der Waals surface area contributed by atoms with E-state index < -0.39 is 0 Å². The molecule has 0 bridgehead atoms. The van der Waals surface area contributed by atoms with Crippen molar-refractivity contribution in [1.82, 2.24) is 5.32 Å². The van der Waals surface area contributed by atoms with Crippen molar-refractivity contribution in [2.24, 2.45) is 0 Å². The topological polar surface area (TPSA) is 79.5 Å². The van der Waals surface area contributed by atoms with Crippen molar-refractivity contribution in [3.8, 4) is 5.75 Å². The minimum atomic E-state index is -0.195. The summed E-state index contributed by atoms with van der Waals surface area (Å²) >= 11 is 5.98. The summed E-state index contributed by atoms with van der Waals surface area (Å²) in [6.45, 7) is 2.03. The van der Waals surface area contributed by atoms with Crippen LogP contribution in [-0.2, 0) is 16.0 Å². The Morgan fingerprint density at radius 2 is 1.81 bits per heavy atom. The van der Waals surface area contributed by atoms with Gasteiger partial charge in [0, 0.05) is 18.5 Å². The molecule has 0 radical (unpaired) electrons. The van der Waals surface area contributed by atoms with Gasteiger partial charge in [-0.3, -0.25) is 9.59 Å². The van der Waals surface area contributed by atoms with E-state index in [1.807, 2.05) is 24.3 Å². The fourth-order valence-corrected chi connectivity index (χ4v) is 2.51. The molecular weight excluding hydrogens is 354 g/mol. The van der Waals surface area contributed by atoms with Crippen LogP contribution in [-0.4, -0.2) is 32.0 Å². The van der Waals surface area contributed by atoms with Crippen LogP contribution in [0.2, 0.25) is 5.02 Å². The zero-order valence-corrected chi connectivity index (χ0v) is 15.5. The zero-order chi connectivity index (χ0) is 18.9. The Labute approximate surface area is 157 Å². The van der Waals surface area contributed by atoms with E-state index in [9.17, 15) is 9.59 Å². The number of benzene rings is 2. The van der Waals surface area contributed by atoms with E-state index in [2.05, 4.69) is 16.0 Å². The number of halogens is 1. The first-order valence-corrected chi connectivity index (χ1v) is 8.56. The lowest BCUT2D eigenvalue weighted by Crippen LogP contribution is -2.31. The lowest BCUT2D eigenvalue weighted by molar-refractivity contribution is -0.119. The minimum absolute atomic E-state index is 0.0789. The number of amides is 2. The van der Waals surface area contributed by atoms with Gasteiger partial charge in [-0.2, -0.15) is 0 Å². The van der Waals surface area contributed by atoms with E-state index in [0.717, 1.165) is 17.7 Å². The zero-order valence-electron chi connectivity index (χ0n) is 14.8. The van der Waals surface area contributed by atoms with Crippen LogP contribution in [0, 0.1) is 0 Å². The Morgan fingerprint density at radius 3 is 2.46 bits per heavy atom. The second-order valence-electron chi connectivity index (χ2n) is 5.67. The van der Waals surface area contributed by atoms with E-state index in [4.69, 9.17) is 16.3 Å². The maximum absolute atomic E-state index is 12.0. The summed E-state index contributed by atoms with van der Waals surface area (Å²) in [7, 11) is 1.62. The van der Waals surface area contributed by atoms with Crippen molar-refractivity contribution in [3.63, 3.8) is 0 Å². The Hall–Kier alpha value is -2.73. The molecule has 6 nitrogen and oxygen atoms in total. The molecule has 0 saturated carbocycles. The Bertz CT molecular complexity index is 763. The third-order valence-corrected chi connectivity index (χ3v) is 3.86. The Kier molecular flexibility index (Phi) is 7.29. The highest BCUT2D eigenvalue weighted by atomic mass is 35.5. The van der Waals surface area contributed by atoms with Gasteiger partial charge in [0.1, 0.15) is 5.75 Å². The van der Waals surface area contributed by atoms with Gasteiger partial charge in [0.05, 0.1) is 25.0 Å². The molecule has 26 heavy (non-hydrogen) atoms. The molecule has 0 aliphatic rings. The highest BCUT2D eigenvalue weighted by Gasteiger charge is 2.07. The number of carbonyl (C=O) groups excluding carboxylic acids is 2. The SMILES string of the molecule is COc1ccc(CCNC(=O)CNc2cc(Cl)ccc2NC(C)=O)cc1. The highest BCUT2D eigenvalue weighted by molar-refractivity contribution is 6.31. The van der Waals surface area contributed by atoms with E-state index in [-0.39, 0.29) is 18.4 Å². The van der Waals surface area contributed by atoms with Crippen molar-refractivity contribution < 1.29 is 14.3 Å². The van der Waals surface area contributed by atoms with Gasteiger partial charge in [-0.05, 0) is 42.3 Å². The molecule has 0 aromatic heterocycles. The quantitative estimate of drug-likeness (QED) is 0.662. The minimum Gasteiger partial charge on any atom is -0.497 e. The molecule has 0 unspecified atom stereocenters. The number of ether oxygens (including phenoxy) is 1. The predicted octanol–water partition coefficient (Wildman–Crippen LogP) is 3.08. The molecule has 0 fully saturated rings. The van der Waals surface area contributed by atoms with Crippen LogP contribution in [0.1, 0.15) is 12.5 Å². The summed E-state index contributed by atoms with van der Waals surface area (Å²) in [6.07, 6.45) is 0.726. The van der Waals surface area contributed by atoms with Crippen LogP contribution >= 0.6 is 11.6 Å². The van der Waals surface area contributed by atoms with E-state index in [1.54, 1.807) is 25.3 Å². The van der Waals surface area contributed by atoms with Crippen molar-refractivity contribution in [1.29, 1.82) is 0 Å². The van der Waals surface area contributed by atoms with Crippen LogP contribution in [0.4, 0.5) is 11.4 Å². The largest absolute Gasteiger partial charge is 0.497 e. The highest BCUT2D eigenvalue weighted by Crippen LogP contribution is 2.25. The lowest BCUT2D eigenvalue weighted by atomic mass is 10.1. The fourth-order valence-electron chi connectivity index (χ4n) is 2.34. The van der Waals surface area contributed by atoms with Gasteiger partial charge in [0.25, 0.3) is 0 Å². The lowest BCUT2D eigenvalue weighted by Gasteiger charge is -2.13. The van der Waals surface area contributed by atoms with Crippen molar-refractivity contribution in [2.75, 3.05) is 30.8 Å². The average molecular weight is 376 g/mol. The summed E-state index contributed by atoms with van der Waals surface area (Å²) < 4.78 is 5.11. The van der Waals surface area contributed by atoms with E-state index >= 15 is 0 Å². The molecule has 7 heteroatoms. The molecular formula is C19H22ClN3O3. The average Bonchev–Trinajstić information content (AvgIpc) is 2.62. The van der Waals surface area contributed by atoms with Crippen LogP contribution in [0.3, 0.4) is 0 Å². The second kappa shape index (κ2) is 9.68. The summed E-state index contributed by atoms with van der Waals surface area (Å²) in [5, 5.41) is 9.06. The van der Waals surface area contributed by atoms with Crippen molar-refractivity contribution in [2.45, 2.75) is 13.3 Å². The standard InChI is InChI=1S/C19H22ClN3O3/c1-13(24)23-17-8-5-15(20)11-18(17)22-12-19(25)21-10-9-14-3-6-16(26-2)7-4-14/h3-8,11,22H,9-10,12H2,1-2H3,(H,21,25)(H,23,24). The van der Waals surface area contributed by atoms with Crippen LogP contribution < -0.4 is 20.7 Å². The van der Waals surface area contributed by atoms with E-state index in [0.29, 0.717) is 22.9 Å². The van der Waals surface area contributed by atoms with Gasteiger partial charge < -0.3 is 20.7 Å². The summed E-state index contributed by atoms with van der Waals surface area (Å²) in [6, 6.07) is 12.7. The Balaban J connectivity index is 1.81. The third kappa shape index (κ3) is 6.29. The van der Waals surface area contributed by atoms with Gasteiger partial charge in [0.15, 0.2) is 0 Å². The molecule has 0 atom stereocenters. The molecule has 2 aromatic carbocycles. The van der Waals surface area contributed by atoms with Crippen LogP contribution in [0.15, 0.2) is 42.5 Å². The molecule has 138 valence electrons. The second-order valence-corrected chi connectivity index (χ2v) is 6.11. The maximum Gasteiger partial charge on any atom is 0.239 e. The molecule has 2 aromatic rings. The van der Waals surface area contributed by atoms with E-state index in [1.165, 1.54) is 6.92 Å². The third-order valence-electron chi connectivity index (χ3n) is 3.63. The Morgan fingerprint density at radius 1 is 1.08 bits per heavy atom. The van der Waals surface area contributed by atoms with Gasteiger partial charge >= 0.3 is 0 Å². The summed E-state index contributed by atoms with van der Waals surface area (Å²) in [5.41, 5.74) is 2.28. The monoisotopic (exact) mass is 375 g/mol. The van der Waals surface area contributed by atoms with Crippen LogP contribution in [0.5, 0.6) is 5.75 Å². The first-order valence-electron chi connectivity index (χ1n) is 8.18. The number of carbonyl (C=O) groups is 2. The number of anilines is 2. The van der Waals surface area contributed by atoms with Gasteiger partial charge in [-0.15, -0.1) is 0 Å². The molecule has 2 rings (SSSR count). The smallest absolute Gasteiger partial charge is 0.239 e. The van der Waals surface area contributed by atoms with Crippen LogP contribution in [0.25, 0.3) is 0 Å².